The Labute approximate surface area is 98.5 Å². The summed E-state index contributed by atoms with van der Waals surface area (Å²) in [7, 11) is 0. The van der Waals surface area contributed by atoms with E-state index in [0.29, 0.717) is 18.7 Å². The maximum atomic E-state index is 12.3. The molecule has 0 fully saturated rings. The van der Waals surface area contributed by atoms with Crippen molar-refractivity contribution in [2.24, 2.45) is 0 Å². The van der Waals surface area contributed by atoms with Crippen molar-refractivity contribution in [1.29, 1.82) is 0 Å². The van der Waals surface area contributed by atoms with Crippen LogP contribution in [0.25, 0.3) is 0 Å². The molecular weight excluding hydrogens is 231 g/mol. The Morgan fingerprint density at radius 3 is 2.12 bits per heavy atom. The molecule has 96 valence electrons. The Hall–Kier alpha value is -1.23. The predicted octanol–water partition coefficient (Wildman–Crippen LogP) is 3.28. The number of nitrogens with one attached hydrogen (secondary N) is 1. The van der Waals surface area contributed by atoms with Crippen molar-refractivity contribution in [3.63, 3.8) is 0 Å². The fraction of sp³-hybridized carbons (Fsp3) is 0.500. The molecule has 17 heavy (non-hydrogen) atoms. The zero-order valence-corrected chi connectivity index (χ0v) is 9.80. The standard InChI is InChI=1S/C12H16F3NO/c1-3-11(2,17)8-16-10-6-4-9(5-7-10)12(13,14)15/h4-7,16-17H,3,8H2,1-2H3. The van der Waals surface area contributed by atoms with Gasteiger partial charge in [-0.15, -0.1) is 0 Å². The van der Waals surface area contributed by atoms with Gasteiger partial charge in [0.2, 0.25) is 0 Å². The summed E-state index contributed by atoms with van der Waals surface area (Å²) >= 11 is 0. The summed E-state index contributed by atoms with van der Waals surface area (Å²) in [5, 5.41) is 12.6. The van der Waals surface area contributed by atoms with Crippen LogP contribution >= 0.6 is 0 Å². The summed E-state index contributed by atoms with van der Waals surface area (Å²) < 4.78 is 36.9. The van der Waals surface area contributed by atoms with E-state index in [0.717, 1.165) is 12.1 Å². The monoisotopic (exact) mass is 247 g/mol. The minimum atomic E-state index is -4.31. The van der Waals surface area contributed by atoms with Gasteiger partial charge >= 0.3 is 6.18 Å². The van der Waals surface area contributed by atoms with Gasteiger partial charge in [-0.1, -0.05) is 6.92 Å². The molecule has 2 N–H and O–H groups in total. The van der Waals surface area contributed by atoms with E-state index >= 15 is 0 Å². The van der Waals surface area contributed by atoms with Gasteiger partial charge in [0, 0.05) is 12.2 Å². The number of hydrogen-bond donors (Lipinski definition) is 2. The average molecular weight is 247 g/mol. The number of halogens is 3. The smallest absolute Gasteiger partial charge is 0.388 e. The van der Waals surface area contributed by atoms with Crippen LogP contribution in [0.4, 0.5) is 18.9 Å². The van der Waals surface area contributed by atoms with Gasteiger partial charge in [-0.25, -0.2) is 0 Å². The van der Waals surface area contributed by atoms with Crippen LogP contribution in [-0.2, 0) is 6.18 Å². The molecule has 0 aliphatic carbocycles. The van der Waals surface area contributed by atoms with Crippen LogP contribution in [-0.4, -0.2) is 17.3 Å². The van der Waals surface area contributed by atoms with Crippen molar-refractivity contribution >= 4 is 5.69 Å². The first-order chi connectivity index (χ1) is 7.74. The minimum Gasteiger partial charge on any atom is -0.388 e. The highest BCUT2D eigenvalue weighted by Gasteiger charge is 2.29. The molecule has 0 saturated heterocycles. The lowest BCUT2D eigenvalue weighted by Crippen LogP contribution is -2.32. The molecule has 1 aromatic rings. The summed E-state index contributed by atoms with van der Waals surface area (Å²) in [6.07, 6.45) is -3.74. The molecule has 1 atom stereocenters. The minimum absolute atomic E-state index is 0.300. The summed E-state index contributed by atoms with van der Waals surface area (Å²) in [5.74, 6) is 0. The summed E-state index contributed by atoms with van der Waals surface area (Å²) in [6.45, 7) is 3.81. The SMILES string of the molecule is CCC(C)(O)CNc1ccc(C(F)(F)F)cc1. The first kappa shape index (κ1) is 13.8. The molecule has 2 nitrogen and oxygen atoms in total. The molecule has 0 aliphatic rings. The lowest BCUT2D eigenvalue weighted by Gasteiger charge is -2.22. The van der Waals surface area contributed by atoms with Gasteiger partial charge in [-0.3, -0.25) is 0 Å². The Balaban J connectivity index is 2.64. The van der Waals surface area contributed by atoms with Gasteiger partial charge in [0.25, 0.3) is 0 Å². The maximum absolute atomic E-state index is 12.3. The largest absolute Gasteiger partial charge is 0.416 e. The van der Waals surface area contributed by atoms with Gasteiger partial charge in [0.1, 0.15) is 0 Å². The molecule has 5 heteroatoms. The normalized spacial score (nSPS) is 15.4. The lowest BCUT2D eigenvalue weighted by molar-refractivity contribution is -0.137. The van der Waals surface area contributed by atoms with Gasteiger partial charge in [-0.05, 0) is 37.6 Å². The molecule has 0 spiro atoms. The molecule has 1 rings (SSSR count). The summed E-state index contributed by atoms with van der Waals surface area (Å²) in [5.41, 5.74) is -0.972. The summed E-state index contributed by atoms with van der Waals surface area (Å²) in [6, 6.07) is 4.75. The fourth-order valence-electron chi connectivity index (χ4n) is 1.19. The van der Waals surface area contributed by atoms with E-state index in [-0.39, 0.29) is 0 Å². The highest BCUT2D eigenvalue weighted by Crippen LogP contribution is 2.29. The molecule has 0 saturated carbocycles. The van der Waals surface area contributed by atoms with Gasteiger partial charge in [-0.2, -0.15) is 13.2 Å². The van der Waals surface area contributed by atoms with Crippen LogP contribution in [0, 0.1) is 0 Å². The summed E-state index contributed by atoms with van der Waals surface area (Å²) in [4.78, 5) is 0. The quantitative estimate of drug-likeness (QED) is 0.855. The van der Waals surface area contributed by atoms with E-state index in [4.69, 9.17) is 0 Å². The molecule has 0 bridgehead atoms. The topological polar surface area (TPSA) is 32.3 Å². The van der Waals surface area contributed by atoms with E-state index in [1.807, 2.05) is 6.92 Å². The van der Waals surface area contributed by atoms with E-state index in [2.05, 4.69) is 5.32 Å². The maximum Gasteiger partial charge on any atom is 0.416 e. The van der Waals surface area contributed by atoms with Gasteiger partial charge in [0.05, 0.1) is 11.2 Å². The van der Waals surface area contributed by atoms with Crippen LogP contribution in [0.5, 0.6) is 0 Å². The third kappa shape index (κ3) is 4.26. The lowest BCUT2D eigenvalue weighted by atomic mass is 10.0. The van der Waals surface area contributed by atoms with Crippen molar-refractivity contribution < 1.29 is 18.3 Å². The average Bonchev–Trinajstić information content (AvgIpc) is 2.26. The van der Waals surface area contributed by atoms with Gasteiger partial charge < -0.3 is 10.4 Å². The molecule has 0 aliphatic heterocycles. The van der Waals surface area contributed by atoms with Crippen molar-refractivity contribution in [2.75, 3.05) is 11.9 Å². The van der Waals surface area contributed by atoms with Crippen molar-refractivity contribution in [3.05, 3.63) is 29.8 Å². The van der Waals surface area contributed by atoms with Crippen molar-refractivity contribution in [1.82, 2.24) is 0 Å². The second kappa shape index (κ2) is 4.96. The van der Waals surface area contributed by atoms with Crippen LogP contribution in [0.15, 0.2) is 24.3 Å². The van der Waals surface area contributed by atoms with E-state index < -0.39 is 17.3 Å². The van der Waals surface area contributed by atoms with Crippen LogP contribution in [0.3, 0.4) is 0 Å². The number of hydrogen-bond acceptors (Lipinski definition) is 2. The number of rotatable bonds is 4. The first-order valence-corrected chi connectivity index (χ1v) is 5.38. The van der Waals surface area contributed by atoms with E-state index in [1.165, 1.54) is 12.1 Å². The Bertz CT molecular complexity index is 357. The molecular formula is C12H16F3NO. The number of alkyl halides is 3. The molecule has 1 aromatic carbocycles. The zero-order valence-electron chi connectivity index (χ0n) is 9.80. The van der Waals surface area contributed by atoms with Crippen LogP contribution in [0.2, 0.25) is 0 Å². The second-order valence-corrected chi connectivity index (χ2v) is 4.28. The number of benzene rings is 1. The zero-order chi connectivity index (χ0) is 13.1. The van der Waals surface area contributed by atoms with E-state index in [1.54, 1.807) is 6.92 Å². The molecule has 0 radical (unpaired) electrons. The Morgan fingerprint density at radius 1 is 1.18 bits per heavy atom. The number of aliphatic hydroxyl groups is 1. The Morgan fingerprint density at radius 2 is 1.71 bits per heavy atom. The second-order valence-electron chi connectivity index (χ2n) is 4.28. The molecule has 1 unspecified atom stereocenters. The Kier molecular flexibility index (Phi) is 4.03. The molecule has 0 amide bonds. The highest BCUT2D eigenvalue weighted by molar-refractivity contribution is 5.45. The first-order valence-electron chi connectivity index (χ1n) is 5.38. The molecule has 0 heterocycles. The highest BCUT2D eigenvalue weighted by atomic mass is 19.4. The predicted molar refractivity (Wildman–Crippen MR) is 60.8 cm³/mol. The van der Waals surface area contributed by atoms with Gasteiger partial charge in [0.15, 0.2) is 0 Å². The van der Waals surface area contributed by atoms with E-state index in [9.17, 15) is 18.3 Å². The third-order valence-corrected chi connectivity index (χ3v) is 2.65. The van der Waals surface area contributed by atoms with Crippen LogP contribution in [0.1, 0.15) is 25.8 Å². The third-order valence-electron chi connectivity index (χ3n) is 2.65. The molecule has 0 aromatic heterocycles. The van der Waals surface area contributed by atoms with Crippen molar-refractivity contribution in [2.45, 2.75) is 32.0 Å². The van der Waals surface area contributed by atoms with Crippen molar-refractivity contribution in [3.8, 4) is 0 Å². The fourth-order valence-corrected chi connectivity index (χ4v) is 1.19. The number of anilines is 1. The van der Waals surface area contributed by atoms with Crippen LogP contribution < -0.4 is 5.32 Å².